The molecule has 0 aliphatic carbocycles. The first-order chi connectivity index (χ1) is 17.2. The van der Waals surface area contributed by atoms with Crippen LogP contribution in [0.5, 0.6) is 0 Å². The molecule has 178 valence electrons. The van der Waals surface area contributed by atoms with Crippen molar-refractivity contribution in [3.8, 4) is 6.07 Å². The second-order valence-corrected chi connectivity index (χ2v) is 10.3. The molecule has 3 fully saturated rings. The molecule has 3 saturated heterocycles. The number of hydrogen-bond donors (Lipinski definition) is 1. The van der Waals surface area contributed by atoms with Crippen LogP contribution in [0.4, 0.5) is 11.4 Å². The molecule has 1 N–H and O–H groups in total. The Morgan fingerprint density at radius 1 is 1.09 bits per heavy atom. The zero-order chi connectivity index (χ0) is 23.5. The molecule has 5 heterocycles. The van der Waals surface area contributed by atoms with Gasteiger partial charge in [0.1, 0.15) is 6.07 Å². The van der Waals surface area contributed by atoms with Crippen molar-refractivity contribution in [3.63, 3.8) is 0 Å². The van der Waals surface area contributed by atoms with Gasteiger partial charge in [0.05, 0.1) is 35.9 Å². The Morgan fingerprint density at radius 2 is 2.03 bits per heavy atom. The average molecular weight is 467 g/mol. The fourth-order valence-electron chi connectivity index (χ4n) is 6.63. The van der Waals surface area contributed by atoms with Crippen LogP contribution in [-0.4, -0.2) is 67.4 Å². The van der Waals surface area contributed by atoms with Crippen molar-refractivity contribution in [2.24, 2.45) is 0 Å². The van der Waals surface area contributed by atoms with E-state index < -0.39 is 0 Å². The van der Waals surface area contributed by atoms with E-state index in [4.69, 9.17) is 4.74 Å². The number of nitrogens with one attached hydrogen (secondary N) is 1. The van der Waals surface area contributed by atoms with Crippen molar-refractivity contribution in [1.29, 1.82) is 5.26 Å². The molecular formula is C28H30N6O. The molecule has 1 aromatic heterocycles. The van der Waals surface area contributed by atoms with Crippen molar-refractivity contribution >= 4 is 22.3 Å². The molecule has 0 saturated carbocycles. The molecule has 0 radical (unpaired) electrons. The summed E-state index contributed by atoms with van der Waals surface area (Å²) < 4.78 is 6.00. The normalized spacial score (nSPS) is 28.0. The quantitative estimate of drug-likeness (QED) is 0.623. The first-order valence-corrected chi connectivity index (χ1v) is 12.7. The monoisotopic (exact) mass is 466 g/mol. The number of pyridine rings is 1. The lowest BCUT2D eigenvalue weighted by Gasteiger charge is -2.43. The molecule has 2 aromatic carbocycles. The largest absolute Gasteiger partial charge is 0.373 e. The summed E-state index contributed by atoms with van der Waals surface area (Å²) >= 11 is 0. The Balaban J connectivity index is 1.18. The van der Waals surface area contributed by atoms with Gasteiger partial charge in [-0.05, 0) is 54.4 Å². The molecule has 0 spiro atoms. The number of hydrogen-bond acceptors (Lipinski definition) is 7. The summed E-state index contributed by atoms with van der Waals surface area (Å²) in [6.45, 7) is 9.00. The smallest absolute Gasteiger partial charge is 0.101 e. The average Bonchev–Trinajstić information content (AvgIpc) is 3.49. The van der Waals surface area contributed by atoms with Crippen molar-refractivity contribution in [2.45, 2.75) is 37.7 Å². The molecule has 4 aliphatic heterocycles. The maximum absolute atomic E-state index is 9.55. The summed E-state index contributed by atoms with van der Waals surface area (Å²) in [4.78, 5) is 12.2. The molecule has 7 rings (SSSR count). The molecule has 4 aliphatic rings. The number of aromatic nitrogens is 1. The van der Waals surface area contributed by atoms with Crippen LogP contribution in [0, 0.1) is 11.3 Å². The van der Waals surface area contributed by atoms with Gasteiger partial charge in [0, 0.05) is 68.3 Å². The minimum absolute atomic E-state index is 0.300. The van der Waals surface area contributed by atoms with Crippen molar-refractivity contribution in [1.82, 2.24) is 15.2 Å². The van der Waals surface area contributed by atoms with Crippen LogP contribution >= 0.6 is 0 Å². The molecule has 7 heteroatoms. The summed E-state index contributed by atoms with van der Waals surface area (Å²) in [5.74, 6) is 0. The van der Waals surface area contributed by atoms with Crippen molar-refractivity contribution in [3.05, 3.63) is 65.4 Å². The van der Waals surface area contributed by atoms with E-state index in [1.54, 1.807) is 6.20 Å². The Hall–Kier alpha value is -3.18. The lowest BCUT2D eigenvalue weighted by Crippen LogP contribution is -2.51. The fraction of sp³-hybridized carbons (Fsp3) is 0.429. The van der Waals surface area contributed by atoms with Gasteiger partial charge in [-0.15, -0.1) is 0 Å². The van der Waals surface area contributed by atoms with E-state index in [0.29, 0.717) is 29.8 Å². The van der Waals surface area contributed by atoms with E-state index in [2.05, 4.69) is 68.3 Å². The fourth-order valence-corrected chi connectivity index (χ4v) is 6.63. The maximum atomic E-state index is 9.55. The first-order valence-electron chi connectivity index (χ1n) is 12.7. The van der Waals surface area contributed by atoms with Crippen LogP contribution in [-0.2, 0) is 11.3 Å². The minimum atomic E-state index is 0.300. The van der Waals surface area contributed by atoms with Gasteiger partial charge < -0.3 is 19.9 Å². The van der Waals surface area contributed by atoms with E-state index in [-0.39, 0.29) is 0 Å². The Kier molecular flexibility index (Phi) is 4.95. The third-order valence-corrected chi connectivity index (χ3v) is 8.36. The highest BCUT2D eigenvalue weighted by Gasteiger charge is 2.40. The first kappa shape index (κ1) is 21.1. The lowest BCUT2D eigenvalue weighted by molar-refractivity contribution is 0.0212. The van der Waals surface area contributed by atoms with Crippen LogP contribution in [0.1, 0.15) is 29.7 Å². The van der Waals surface area contributed by atoms with Gasteiger partial charge in [0.2, 0.25) is 0 Å². The summed E-state index contributed by atoms with van der Waals surface area (Å²) in [7, 11) is 0. The molecule has 35 heavy (non-hydrogen) atoms. The third-order valence-electron chi connectivity index (χ3n) is 8.36. The number of anilines is 2. The Labute approximate surface area is 205 Å². The number of morpholine rings is 1. The zero-order valence-corrected chi connectivity index (χ0v) is 20.0. The second kappa shape index (κ2) is 8.20. The number of ether oxygens (including phenoxy) is 1. The van der Waals surface area contributed by atoms with Gasteiger partial charge in [0.25, 0.3) is 0 Å². The maximum Gasteiger partial charge on any atom is 0.101 e. The van der Waals surface area contributed by atoms with E-state index in [9.17, 15) is 5.26 Å². The van der Waals surface area contributed by atoms with Crippen molar-refractivity contribution in [2.75, 3.05) is 49.1 Å². The summed E-state index contributed by atoms with van der Waals surface area (Å²) in [6.07, 6.45) is 2.07. The van der Waals surface area contributed by atoms with Gasteiger partial charge in [-0.1, -0.05) is 6.07 Å². The third kappa shape index (κ3) is 3.40. The predicted molar refractivity (Wildman–Crippen MR) is 137 cm³/mol. The number of piperazine rings is 1. The molecule has 7 nitrogen and oxygen atoms in total. The lowest BCUT2D eigenvalue weighted by atomic mass is 9.99. The summed E-state index contributed by atoms with van der Waals surface area (Å²) in [5, 5.41) is 14.2. The highest BCUT2D eigenvalue weighted by Crippen LogP contribution is 2.42. The molecule has 4 atom stereocenters. The summed E-state index contributed by atoms with van der Waals surface area (Å²) in [5.41, 5.74) is 6.83. The van der Waals surface area contributed by atoms with Gasteiger partial charge in [-0.25, -0.2) is 0 Å². The van der Waals surface area contributed by atoms with Gasteiger partial charge >= 0.3 is 0 Å². The topological polar surface area (TPSA) is 67.7 Å². The van der Waals surface area contributed by atoms with Crippen LogP contribution in [0.3, 0.4) is 0 Å². The minimum Gasteiger partial charge on any atom is -0.373 e. The van der Waals surface area contributed by atoms with Crippen LogP contribution in [0.2, 0.25) is 0 Å². The molecule has 0 bridgehead atoms. The van der Waals surface area contributed by atoms with Crippen LogP contribution in [0.15, 0.2) is 48.7 Å². The Bertz CT molecular complexity index is 1320. The van der Waals surface area contributed by atoms with Gasteiger partial charge in [-0.2, -0.15) is 5.26 Å². The van der Waals surface area contributed by atoms with E-state index in [1.165, 1.54) is 22.5 Å². The standard InChI is InChI=1S/C28H30N6O/c1-18-13-33(25-7-4-19(12-29)28-23(25)3-2-8-31-28)16-26-22-6-5-21(11-20(22)14-34(18)26)32-15-24-27(17-32)35-10-9-30-24/h2-8,11,18,24,26-27,30H,9-10,13-17H2,1H3/t18-,24-,26-,27-/m1/s1. The molecular weight excluding hydrogens is 436 g/mol. The van der Waals surface area contributed by atoms with Crippen molar-refractivity contribution < 1.29 is 4.74 Å². The number of rotatable bonds is 2. The number of nitrogens with zero attached hydrogens (tertiary/aromatic N) is 5. The predicted octanol–water partition coefficient (Wildman–Crippen LogP) is 3.05. The number of benzene rings is 2. The highest BCUT2D eigenvalue weighted by molar-refractivity contribution is 5.95. The van der Waals surface area contributed by atoms with E-state index >= 15 is 0 Å². The van der Waals surface area contributed by atoms with E-state index in [1.807, 2.05) is 12.1 Å². The van der Waals surface area contributed by atoms with E-state index in [0.717, 1.165) is 56.8 Å². The highest BCUT2D eigenvalue weighted by atomic mass is 16.5. The zero-order valence-electron chi connectivity index (χ0n) is 20.0. The molecule has 0 amide bonds. The number of nitriles is 1. The molecule has 0 unspecified atom stereocenters. The SMILES string of the molecule is C[C@@H]1CN(c2ccc(C#N)c3ncccc23)C[C@@H]2c3ccc(N4C[C@H]5NCCO[C@@H]5C4)cc3CN12. The molecule has 3 aromatic rings. The Morgan fingerprint density at radius 3 is 2.91 bits per heavy atom. The van der Waals surface area contributed by atoms with Crippen LogP contribution < -0.4 is 15.1 Å². The van der Waals surface area contributed by atoms with Gasteiger partial charge in [0.15, 0.2) is 0 Å². The number of fused-ring (bicyclic) bond motifs is 5. The van der Waals surface area contributed by atoms with Gasteiger partial charge in [-0.3, -0.25) is 9.88 Å². The van der Waals surface area contributed by atoms with Crippen LogP contribution in [0.25, 0.3) is 10.9 Å². The summed E-state index contributed by atoms with van der Waals surface area (Å²) in [6, 6.07) is 18.7. The second-order valence-electron chi connectivity index (χ2n) is 10.3.